The van der Waals surface area contributed by atoms with Gasteiger partial charge in [0.05, 0.1) is 5.01 Å². The fourth-order valence-electron chi connectivity index (χ4n) is 1.90. The van der Waals surface area contributed by atoms with Gasteiger partial charge in [-0.15, -0.1) is 11.3 Å². The van der Waals surface area contributed by atoms with E-state index >= 15 is 0 Å². The van der Waals surface area contributed by atoms with Crippen LogP contribution in [0.15, 0.2) is 11.6 Å². The molecule has 2 N–H and O–H groups in total. The van der Waals surface area contributed by atoms with E-state index < -0.39 is 0 Å². The standard InChI is InChI=1S/C9H14N2S/c10-9(3-1-2-4-9)7-8-11-5-6-12-8/h5-6H,1-4,7,10H2. The molecule has 66 valence electrons. The largest absolute Gasteiger partial charge is 0.325 e. The number of aromatic nitrogens is 1. The van der Waals surface area contributed by atoms with Gasteiger partial charge in [-0.3, -0.25) is 0 Å². The zero-order valence-corrected chi connectivity index (χ0v) is 7.94. The van der Waals surface area contributed by atoms with Crippen LogP contribution >= 0.6 is 11.3 Å². The van der Waals surface area contributed by atoms with Gasteiger partial charge >= 0.3 is 0 Å². The van der Waals surface area contributed by atoms with Gasteiger partial charge in [0.2, 0.25) is 0 Å². The minimum absolute atomic E-state index is 0.0673. The smallest absolute Gasteiger partial charge is 0.0943 e. The molecule has 1 aromatic heterocycles. The molecule has 1 aromatic rings. The van der Waals surface area contributed by atoms with Gasteiger partial charge in [-0.05, 0) is 12.8 Å². The first-order valence-corrected chi connectivity index (χ1v) is 5.34. The molecule has 0 aromatic carbocycles. The van der Waals surface area contributed by atoms with Crippen LogP contribution in [0.1, 0.15) is 30.7 Å². The number of hydrogen-bond donors (Lipinski definition) is 1. The minimum Gasteiger partial charge on any atom is -0.325 e. The Morgan fingerprint density at radius 1 is 1.50 bits per heavy atom. The maximum atomic E-state index is 6.22. The van der Waals surface area contributed by atoms with E-state index in [2.05, 4.69) is 4.98 Å². The Hall–Kier alpha value is -0.410. The Morgan fingerprint density at radius 2 is 2.25 bits per heavy atom. The third kappa shape index (κ3) is 1.67. The van der Waals surface area contributed by atoms with Crippen molar-refractivity contribution in [3.63, 3.8) is 0 Å². The van der Waals surface area contributed by atoms with Crippen LogP contribution in [0.25, 0.3) is 0 Å². The monoisotopic (exact) mass is 182 g/mol. The molecule has 3 heteroatoms. The van der Waals surface area contributed by atoms with Crippen molar-refractivity contribution in [2.45, 2.75) is 37.6 Å². The summed E-state index contributed by atoms with van der Waals surface area (Å²) in [6, 6.07) is 0. The Kier molecular flexibility index (Phi) is 2.15. The first-order chi connectivity index (χ1) is 5.79. The van der Waals surface area contributed by atoms with Gasteiger partial charge in [-0.25, -0.2) is 4.98 Å². The quantitative estimate of drug-likeness (QED) is 0.759. The molecule has 1 aliphatic rings. The van der Waals surface area contributed by atoms with Crippen LogP contribution in [-0.2, 0) is 6.42 Å². The van der Waals surface area contributed by atoms with E-state index in [0.717, 1.165) is 6.42 Å². The predicted molar refractivity (Wildman–Crippen MR) is 51.2 cm³/mol. The van der Waals surface area contributed by atoms with Crippen LogP contribution < -0.4 is 5.73 Å². The summed E-state index contributed by atoms with van der Waals surface area (Å²) in [5.74, 6) is 0. The molecule has 2 nitrogen and oxygen atoms in total. The number of nitrogens with zero attached hydrogens (tertiary/aromatic N) is 1. The summed E-state index contributed by atoms with van der Waals surface area (Å²) < 4.78 is 0. The van der Waals surface area contributed by atoms with Gasteiger partial charge in [0, 0.05) is 23.5 Å². The van der Waals surface area contributed by atoms with E-state index in [1.165, 1.54) is 30.7 Å². The first-order valence-electron chi connectivity index (χ1n) is 4.46. The Labute approximate surface area is 76.8 Å². The maximum absolute atomic E-state index is 6.22. The number of hydrogen-bond acceptors (Lipinski definition) is 3. The number of thiazole rings is 1. The van der Waals surface area contributed by atoms with Crippen molar-refractivity contribution in [3.8, 4) is 0 Å². The van der Waals surface area contributed by atoms with Crippen molar-refractivity contribution < 1.29 is 0 Å². The summed E-state index contributed by atoms with van der Waals surface area (Å²) in [7, 11) is 0. The summed E-state index contributed by atoms with van der Waals surface area (Å²) >= 11 is 1.72. The lowest BCUT2D eigenvalue weighted by molar-refractivity contribution is 0.435. The summed E-state index contributed by atoms with van der Waals surface area (Å²) in [5, 5.41) is 3.22. The van der Waals surface area contributed by atoms with E-state index in [9.17, 15) is 0 Å². The lowest BCUT2D eigenvalue weighted by Crippen LogP contribution is -2.38. The van der Waals surface area contributed by atoms with Crippen LogP contribution in [0.4, 0.5) is 0 Å². The Bertz CT molecular complexity index is 237. The van der Waals surface area contributed by atoms with Crippen LogP contribution in [0.2, 0.25) is 0 Å². The second-order valence-corrected chi connectivity index (χ2v) is 4.65. The second-order valence-electron chi connectivity index (χ2n) is 3.67. The topological polar surface area (TPSA) is 38.9 Å². The highest BCUT2D eigenvalue weighted by atomic mass is 32.1. The molecular weight excluding hydrogens is 168 g/mol. The molecule has 0 radical (unpaired) electrons. The summed E-state index contributed by atoms with van der Waals surface area (Å²) in [6.45, 7) is 0. The molecule has 1 saturated carbocycles. The third-order valence-electron chi connectivity index (χ3n) is 2.59. The van der Waals surface area contributed by atoms with Crippen molar-refractivity contribution in [1.29, 1.82) is 0 Å². The van der Waals surface area contributed by atoms with Gasteiger partial charge in [-0.2, -0.15) is 0 Å². The fourth-order valence-corrected chi connectivity index (χ4v) is 2.67. The number of rotatable bonds is 2. The van der Waals surface area contributed by atoms with E-state index in [-0.39, 0.29) is 5.54 Å². The first kappa shape index (κ1) is 8.20. The summed E-state index contributed by atoms with van der Waals surface area (Å²) in [6.07, 6.45) is 7.77. The van der Waals surface area contributed by atoms with Crippen molar-refractivity contribution in [2.75, 3.05) is 0 Å². The maximum Gasteiger partial charge on any atom is 0.0943 e. The van der Waals surface area contributed by atoms with Crippen LogP contribution in [0.3, 0.4) is 0 Å². The molecule has 0 unspecified atom stereocenters. The molecule has 1 fully saturated rings. The Balaban J connectivity index is 2.02. The van der Waals surface area contributed by atoms with Crippen molar-refractivity contribution in [1.82, 2.24) is 4.98 Å². The van der Waals surface area contributed by atoms with E-state index in [4.69, 9.17) is 5.73 Å². The van der Waals surface area contributed by atoms with E-state index in [0.29, 0.717) is 0 Å². The van der Waals surface area contributed by atoms with Crippen molar-refractivity contribution >= 4 is 11.3 Å². The molecule has 0 aliphatic heterocycles. The molecule has 0 bridgehead atoms. The van der Waals surface area contributed by atoms with Gasteiger partial charge in [-0.1, -0.05) is 12.8 Å². The normalized spacial score (nSPS) is 21.4. The second kappa shape index (κ2) is 3.15. The third-order valence-corrected chi connectivity index (χ3v) is 3.37. The summed E-state index contributed by atoms with van der Waals surface area (Å²) in [5.41, 5.74) is 6.28. The Morgan fingerprint density at radius 3 is 2.83 bits per heavy atom. The van der Waals surface area contributed by atoms with Crippen LogP contribution in [0, 0.1) is 0 Å². The molecule has 0 spiro atoms. The highest BCUT2D eigenvalue weighted by Crippen LogP contribution is 2.30. The van der Waals surface area contributed by atoms with Gasteiger partial charge < -0.3 is 5.73 Å². The molecule has 0 saturated heterocycles. The average molecular weight is 182 g/mol. The van der Waals surface area contributed by atoms with Gasteiger partial charge in [0.1, 0.15) is 0 Å². The molecule has 1 heterocycles. The van der Waals surface area contributed by atoms with Crippen LogP contribution in [0.5, 0.6) is 0 Å². The van der Waals surface area contributed by atoms with Gasteiger partial charge in [0.15, 0.2) is 0 Å². The number of nitrogens with two attached hydrogens (primary N) is 1. The van der Waals surface area contributed by atoms with Crippen LogP contribution in [-0.4, -0.2) is 10.5 Å². The SMILES string of the molecule is NC1(Cc2nccs2)CCCC1. The van der Waals surface area contributed by atoms with E-state index in [1.54, 1.807) is 11.3 Å². The van der Waals surface area contributed by atoms with Crippen molar-refractivity contribution in [2.24, 2.45) is 5.73 Å². The molecular formula is C9H14N2S. The summed E-state index contributed by atoms with van der Waals surface area (Å²) in [4.78, 5) is 4.26. The highest BCUT2D eigenvalue weighted by molar-refractivity contribution is 7.09. The lowest BCUT2D eigenvalue weighted by Gasteiger charge is -2.21. The van der Waals surface area contributed by atoms with Crippen molar-refractivity contribution in [3.05, 3.63) is 16.6 Å². The average Bonchev–Trinajstić information content (AvgIpc) is 2.62. The predicted octanol–water partition coefficient (Wildman–Crippen LogP) is 1.96. The van der Waals surface area contributed by atoms with Gasteiger partial charge in [0.25, 0.3) is 0 Å². The molecule has 0 amide bonds. The highest BCUT2D eigenvalue weighted by Gasteiger charge is 2.29. The zero-order chi connectivity index (χ0) is 8.44. The molecule has 0 atom stereocenters. The van der Waals surface area contributed by atoms with E-state index in [1.807, 2.05) is 11.6 Å². The molecule has 12 heavy (non-hydrogen) atoms. The zero-order valence-electron chi connectivity index (χ0n) is 7.12. The lowest BCUT2D eigenvalue weighted by atomic mass is 9.95. The molecule has 1 aliphatic carbocycles. The minimum atomic E-state index is 0.0673. The fraction of sp³-hybridized carbons (Fsp3) is 0.667. The molecule has 2 rings (SSSR count).